The van der Waals surface area contributed by atoms with Crippen LogP contribution in [-0.2, 0) is 28.7 Å². The van der Waals surface area contributed by atoms with Crippen molar-refractivity contribution in [2.45, 2.75) is 95.2 Å². The summed E-state index contributed by atoms with van der Waals surface area (Å²) < 4.78 is 13.5. The number of aliphatic hydroxyl groups excluding tert-OH is 1. The largest absolute Gasteiger partial charge is 0.455 e. The van der Waals surface area contributed by atoms with Crippen LogP contribution < -0.4 is 0 Å². The van der Waals surface area contributed by atoms with E-state index < -0.39 is 53.2 Å². The number of hydrogen-bond acceptors (Lipinski definition) is 7. The van der Waals surface area contributed by atoms with Gasteiger partial charge >= 0.3 is 5.97 Å². The minimum absolute atomic E-state index is 0.0448. The maximum Gasteiger partial charge on any atom is 0.313 e. The Kier molecular flexibility index (Phi) is 10.2. The van der Waals surface area contributed by atoms with Gasteiger partial charge < -0.3 is 29.3 Å². The Morgan fingerprint density at radius 1 is 1.00 bits per heavy atom. The van der Waals surface area contributed by atoms with Crippen molar-refractivity contribution in [2.75, 3.05) is 26.7 Å². The van der Waals surface area contributed by atoms with Gasteiger partial charge in [0, 0.05) is 43.2 Å². The molecule has 4 aliphatic heterocycles. The SMILES string of the molecule is C[C@H]1[C@H](c2ccccc2)OC(=O)[C@H]2[C@@H]3O[C@@]4(C=C3Br)[C@@H]2C(=O)N(CCCCCO)[C@@H]4C(=O)N(C(C)(C)C)C/C=C\CCC(=O)N1C. The number of amides is 3. The van der Waals surface area contributed by atoms with Crippen LogP contribution in [0.3, 0.4) is 0 Å². The third kappa shape index (κ3) is 6.18. The molecule has 5 rings (SSSR count). The van der Waals surface area contributed by atoms with Crippen molar-refractivity contribution < 1.29 is 33.8 Å². The van der Waals surface area contributed by atoms with Gasteiger partial charge in [0.2, 0.25) is 17.7 Å². The number of unbranched alkanes of at least 4 members (excludes halogenated alkanes) is 2. The molecular formula is C35H46BrN3O7. The van der Waals surface area contributed by atoms with Crippen LogP contribution in [0.15, 0.2) is 53.0 Å². The number of likely N-dealkylation sites (tertiary alicyclic amines) is 1. The molecule has 11 heteroatoms. The molecule has 10 nitrogen and oxygen atoms in total. The first-order valence-corrected chi connectivity index (χ1v) is 17.1. The zero-order valence-corrected chi connectivity index (χ0v) is 28.9. The zero-order chi connectivity index (χ0) is 33.4. The van der Waals surface area contributed by atoms with Gasteiger partial charge in [-0.2, -0.15) is 0 Å². The number of carbonyl (C=O) groups excluding carboxylic acids is 4. The Labute approximate surface area is 279 Å². The van der Waals surface area contributed by atoms with Crippen molar-refractivity contribution in [2.24, 2.45) is 11.8 Å². The lowest BCUT2D eigenvalue weighted by Gasteiger charge is -2.41. The Balaban J connectivity index is 1.61. The van der Waals surface area contributed by atoms with Crippen molar-refractivity contribution >= 4 is 39.6 Å². The van der Waals surface area contributed by atoms with Crippen molar-refractivity contribution in [1.29, 1.82) is 0 Å². The third-order valence-electron chi connectivity index (χ3n) is 9.86. The van der Waals surface area contributed by atoms with Crippen LogP contribution >= 0.6 is 15.9 Å². The Bertz CT molecular complexity index is 1390. The summed E-state index contributed by atoms with van der Waals surface area (Å²) in [6.07, 6.45) is 6.63. The fourth-order valence-corrected chi connectivity index (χ4v) is 8.06. The van der Waals surface area contributed by atoms with Crippen LogP contribution in [0.2, 0.25) is 0 Å². The van der Waals surface area contributed by atoms with Gasteiger partial charge in [-0.15, -0.1) is 0 Å². The molecule has 1 spiro atoms. The number of fused-ring (bicyclic) bond motifs is 2. The lowest BCUT2D eigenvalue weighted by Crippen LogP contribution is -2.59. The minimum Gasteiger partial charge on any atom is -0.455 e. The van der Waals surface area contributed by atoms with E-state index in [9.17, 15) is 24.3 Å². The van der Waals surface area contributed by atoms with E-state index in [4.69, 9.17) is 9.47 Å². The van der Waals surface area contributed by atoms with Crippen LogP contribution in [0, 0.1) is 11.8 Å². The first-order chi connectivity index (χ1) is 21.8. The minimum atomic E-state index is -1.36. The average molecular weight is 701 g/mol. The number of likely N-dealkylation sites (N-methyl/N-ethyl adjacent to an activating group) is 1. The van der Waals surface area contributed by atoms with E-state index >= 15 is 0 Å². The molecule has 2 saturated heterocycles. The van der Waals surface area contributed by atoms with E-state index in [1.807, 2.05) is 76.3 Å². The number of halogens is 1. The standard InChI is InChI=1S/C35H46BrN3O7/c1-22-28(23-15-9-6-10-16-23)45-33(44)26-27-31(42)38(18-12-8-14-20-40)30(35(27)21-24(36)29(26)46-35)32(43)39(34(2,3)4)19-13-7-11-17-25(41)37(22)5/h6-7,9-10,13,15-16,21-22,26-30,40H,8,11-12,14,17-20H2,1-5H3/b13-7-/t22-,26+,27-,28+,29+,30+,35-/m0/s1. The van der Waals surface area contributed by atoms with E-state index in [2.05, 4.69) is 15.9 Å². The predicted molar refractivity (Wildman–Crippen MR) is 175 cm³/mol. The number of benzene rings is 1. The van der Waals surface area contributed by atoms with Crippen LogP contribution in [0.4, 0.5) is 0 Å². The summed E-state index contributed by atoms with van der Waals surface area (Å²) in [5.74, 6) is -3.24. The van der Waals surface area contributed by atoms with E-state index in [1.54, 1.807) is 21.7 Å². The van der Waals surface area contributed by atoms with Gasteiger partial charge in [0.05, 0.1) is 12.0 Å². The normalized spacial score (nSPS) is 32.9. The maximum absolute atomic E-state index is 14.7. The van der Waals surface area contributed by atoms with Crippen LogP contribution in [-0.4, -0.2) is 99.6 Å². The molecule has 0 unspecified atom stereocenters. The second kappa shape index (κ2) is 13.6. The lowest BCUT2D eigenvalue weighted by atomic mass is 9.74. The van der Waals surface area contributed by atoms with Crippen LogP contribution in [0.25, 0.3) is 0 Å². The Morgan fingerprint density at radius 2 is 1.72 bits per heavy atom. The fourth-order valence-electron chi connectivity index (χ4n) is 7.32. The van der Waals surface area contributed by atoms with E-state index in [0.29, 0.717) is 36.7 Å². The first kappa shape index (κ1) is 34.3. The van der Waals surface area contributed by atoms with Crippen molar-refractivity contribution in [3.05, 3.63) is 58.6 Å². The van der Waals surface area contributed by atoms with Gasteiger partial charge in [0.15, 0.2) is 0 Å². The molecule has 250 valence electrons. The Hall–Kier alpha value is -3.02. The topological polar surface area (TPSA) is 117 Å². The molecule has 0 radical (unpaired) electrons. The highest BCUT2D eigenvalue weighted by Crippen LogP contribution is 2.59. The summed E-state index contributed by atoms with van der Waals surface area (Å²) in [6.45, 7) is 8.31. The molecule has 1 N–H and O–H groups in total. The number of aliphatic hydroxyl groups is 1. The van der Waals surface area contributed by atoms with E-state index in [0.717, 1.165) is 5.56 Å². The molecule has 2 fully saturated rings. The highest BCUT2D eigenvalue weighted by molar-refractivity contribution is 9.11. The lowest BCUT2D eigenvalue weighted by molar-refractivity contribution is -0.164. The highest BCUT2D eigenvalue weighted by atomic mass is 79.9. The van der Waals surface area contributed by atoms with Crippen molar-refractivity contribution in [3.63, 3.8) is 0 Å². The highest BCUT2D eigenvalue weighted by Gasteiger charge is 2.75. The maximum atomic E-state index is 14.7. The summed E-state index contributed by atoms with van der Waals surface area (Å²) in [7, 11) is 1.71. The number of allylic oxidation sites excluding steroid dienone is 1. The number of rotatable bonds is 6. The van der Waals surface area contributed by atoms with Gasteiger partial charge in [0.25, 0.3) is 0 Å². The molecule has 0 saturated carbocycles. The molecule has 1 aromatic rings. The third-order valence-corrected chi connectivity index (χ3v) is 10.5. The molecule has 0 aromatic heterocycles. The molecular weight excluding hydrogens is 654 g/mol. The number of cyclic esters (lactones) is 1. The second-order valence-corrected chi connectivity index (χ2v) is 14.7. The van der Waals surface area contributed by atoms with Gasteiger partial charge in [-0.3, -0.25) is 19.2 Å². The molecule has 1 aromatic carbocycles. The molecule has 4 heterocycles. The number of hydrogen-bond donors (Lipinski definition) is 1. The van der Waals surface area contributed by atoms with Gasteiger partial charge in [-0.1, -0.05) is 58.4 Å². The molecule has 5 bridgehead atoms. The van der Waals surface area contributed by atoms with Crippen LogP contribution in [0.1, 0.15) is 71.5 Å². The molecule has 3 amide bonds. The summed E-state index contributed by atoms with van der Waals surface area (Å²) in [5, 5.41) is 9.35. The smallest absolute Gasteiger partial charge is 0.313 e. The van der Waals surface area contributed by atoms with Gasteiger partial charge in [0.1, 0.15) is 29.8 Å². The van der Waals surface area contributed by atoms with Crippen molar-refractivity contribution in [1.82, 2.24) is 14.7 Å². The average Bonchev–Trinajstić information content (AvgIpc) is 3.61. The summed E-state index contributed by atoms with van der Waals surface area (Å²) in [5.41, 5.74) is -1.24. The van der Waals surface area contributed by atoms with Crippen molar-refractivity contribution in [3.8, 4) is 0 Å². The van der Waals surface area contributed by atoms with Gasteiger partial charge in [-0.25, -0.2) is 0 Å². The summed E-state index contributed by atoms with van der Waals surface area (Å²) >= 11 is 3.62. The van der Waals surface area contributed by atoms with E-state index in [1.165, 1.54) is 0 Å². The van der Waals surface area contributed by atoms with Crippen LogP contribution in [0.5, 0.6) is 0 Å². The monoisotopic (exact) mass is 699 g/mol. The first-order valence-electron chi connectivity index (χ1n) is 16.3. The quantitative estimate of drug-likeness (QED) is 0.270. The molecule has 7 atom stereocenters. The molecule has 0 aliphatic carbocycles. The number of nitrogens with zero attached hydrogens (tertiary/aromatic N) is 3. The summed E-state index contributed by atoms with van der Waals surface area (Å²) in [4.78, 5) is 61.8. The molecule has 4 aliphatic rings. The number of esters is 1. The predicted octanol–water partition coefficient (Wildman–Crippen LogP) is 4.13. The van der Waals surface area contributed by atoms with Gasteiger partial charge in [-0.05, 0) is 65.0 Å². The molecule has 46 heavy (non-hydrogen) atoms. The number of carbonyl (C=O) groups is 4. The summed E-state index contributed by atoms with van der Waals surface area (Å²) in [6, 6.07) is 7.80. The zero-order valence-electron chi connectivity index (χ0n) is 27.4. The Morgan fingerprint density at radius 3 is 2.39 bits per heavy atom. The van der Waals surface area contributed by atoms with E-state index in [-0.39, 0.29) is 37.3 Å². The number of ether oxygens (including phenoxy) is 2. The second-order valence-electron chi connectivity index (χ2n) is 13.8. The fraction of sp³-hybridized carbons (Fsp3) is 0.600.